The number of amides is 2. The van der Waals surface area contributed by atoms with Gasteiger partial charge in [0.25, 0.3) is 0 Å². The number of nitrogens with zero attached hydrogens (tertiary/aromatic N) is 1. The molecule has 158 valence electrons. The van der Waals surface area contributed by atoms with Gasteiger partial charge in [0.15, 0.2) is 0 Å². The molecule has 1 fully saturated rings. The van der Waals surface area contributed by atoms with E-state index in [9.17, 15) is 9.59 Å². The lowest BCUT2D eigenvalue weighted by atomic mass is 9.95. The molecule has 1 aromatic rings. The van der Waals surface area contributed by atoms with Crippen LogP contribution in [0.2, 0.25) is 5.02 Å². The highest BCUT2D eigenvalue weighted by molar-refractivity contribution is 7.59. The van der Waals surface area contributed by atoms with E-state index in [1.807, 2.05) is 12.1 Å². The molecular weight excluding hydrogens is 412 g/mol. The van der Waals surface area contributed by atoms with Gasteiger partial charge in [-0.3, -0.25) is 9.59 Å². The Morgan fingerprint density at radius 3 is 2.43 bits per heavy atom. The normalized spacial score (nSPS) is 19.4. The first-order chi connectivity index (χ1) is 12.3. The maximum atomic E-state index is 12.9. The van der Waals surface area contributed by atoms with Gasteiger partial charge in [0.2, 0.25) is 11.8 Å². The molecule has 0 unspecified atom stereocenters. The van der Waals surface area contributed by atoms with Gasteiger partial charge in [0, 0.05) is 23.7 Å². The third kappa shape index (κ3) is 8.10. The van der Waals surface area contributed by atoms with Crippen molar-refractivity contribution in [2.45, 2.75) is 52.6 Å². The molecule has 2 amide bonds. The smallest absolute Gasteiger partial charge is 0.247 e. The number of carbonyl (C=O) groups is 2. The second kappa shape index (κ2) is 12.5. The molecule has 28 heavy (non-hydrogen) atoms. The molecule has 1 saturated heterocycles. The Labute approximate surface area is 188 Å². The molecule has 1 aliphatic rings. The zero-order chi connectivity index (χ0) is 19.3. The molecule has 1 aromatic carbocycles. The lowest BCUT2D eigenvalue weighted by Crippen LogP contribution is -2.61. The van der Waals surface area contributed by atoms with Crippen molar-refractivity contribution in [1.82, 2.24) is 10.2 Å². The monoisotopic (exact) mass is 444 g/mol. The van der Waals surface area contributed by atoms with Gasteiger partial charge in [-0.15, -0.1) is 0 Å². The lowest BCUT2D eigenvalue weighted by Gasteiger charge is -2.40. The Morgan fingerprint density at radius 2 is 1.86 bits per heavy atom. The van der Waals surface area contributed by atoms with Crippen molar-refractivity contribution in [2.75, 3.05) is 6.54 Å². The maximum absolute atomic E-state index is 12.9. The van der Waals surface area contributed by atoms with E-state index in [0.717, 1.165) is 12.0 Å². The summed E-state index contributed by atoms with van der Waals surface area (Å²) in [6.07, 6.45) is 4.83. The van der Waals surface area contributed by atoms with Gasteiger partial charge >= 0.3 is 0 Å². The Kier molecular flexibility index (Phi) is 12.0. The van der Waals surface area contributed by atoms with E-state index in [-0.39, 0.29) is 44.8 Å². The van der Waals surface area contributed by atoms with Crippen molar-refractivity contribution < 1.29 is 9.59 Å². The summed E-state index contributed by atoms with van der Waals surface area (Å²) in [4.78, 5) is 27.2. The molecule has 0 aromatic heterocycles. The Balaban J connectivity index is 0.00000364. The predicted molar refractivity (Wildman–Crippen MR) is 128 cm³/mol. The minimum atomic E-state index is -0.407. The average molecular weight is 445 g/mol. The van der Waals surface area contributed by atoms with Crippen LogP contribution in [0, 0.1) is 11.8 Å². The molecule has 0 bridgehead atoms. The second-order valence-corrected chi connectivity index (χ2v) is 8.30. The van der Waals surface area contributed by atoms with E-state index in [4.69, 9.17) is 11.6 Å². The van der Waals surface area contributed by atoms with Crippen molar-refractivity contribution >= 4 is 56.5 Å². The fourth-order valence-electron chi connectivity index (χ4n) is 3.35. The largest absolute Gasteiger partial charge is 0.350 e. The number of hydrogen-bond donors (Lipinski definition) is 1. The quantitative estimate of drug-likeness (QED) is 0.662. The zero-order valence-electron chi connectivity index (χ0n) is 17.0. The number of benzene rings is 1. The van der Waals surface area contributed by atoms with E-state index in [1.54, 1.807) is 29.2 Å². The first-order valence-electron chi connectivity index (χ1n) is 9.31. The van der Waals surface area contributed by atoms with Crippen LogP contribution in [0.5, 0.6) is 0 Å². The zero-order valence-corrected chi connectivity index (χ0v) is 19.8. The highest BCUT2D eigenvalue weighted by atomic mass is 35.5. The maximum Gasteiger partial charge on any atom is 0.247 e. The molecule has 1 heterocycles. The van der Waals surface area contributed by atoms with E-state index in [2.05, 4.69) is 33.0 Å². The van der Waals surface area contributed by atoms with Gasteiger partial charge in [0.1, 0.15) is 6.04 Å². The fourth-order valence-corrected chi connectivity index (χ4v) is 3.55. The van der Waals surface area contributed by atoms with Crippen molar-refractivity contribution in [3.63, 3.8) is 0 Å². The molecule has 0 aliphatic carbocycles. The highest BCUT2D eigenvalue weighted by Gasteiger charge is 2.36. The molecule has 4 nitrogen and oxygen atoms in total. The lowest BCUT2D eigenvalue weighted by molar-refractivity contribution is -0.142. The van der Waals surface area contributed by atoms with Crippen LogP contribution >= 0.6 is 38.6 Å². The van der Waals surface area contributed by atoms with Crippen molar-refractivity contribution in [3.05, 3.63) is 40.9 Å². The summed E-state index contributed by atoms with van der Waals surface area (Å²) >= 11 is 5.99. The summed E-state index contributed by atoms with van der Waals surface area (Å²) in [6, 6.07) is 6.95. The number of nitrogens with one attached hydrogen (secondary N) is 1. The van der Waals surface area contributed by atoms with Crippen LogP contribution in [0.15, 0.2) is 30.3 Å². The third-order valence-corrected chi connectivity index (χ3v) is 4.68. The van der Waals surface area contributed by atoms with Gasteiger partial charge in [0.05, 0.1) is 0 Å². The van der Waals surface area contributed by atoms with Crippen molar-refractivity contribution in [3.8, 4) is 0 Å². The molecule has 2 rings (SSSR count). The standard InChI is InChI=1S/C21H29ClN2O2.2H2S/c1-14(2)10-18-13-24(19(11-15(3)4)21(26)23-18)20(25)9-8-16-6-5-7-17(22)12-16;;/h5-9,12,14-15,18-19H,10-11,13H2,1-4H3,(H,23,26);2*1H2/b9-8+;;/t18-,19-;;/m0../s1. The van der Waals surface area contributed by atoms with Crippen LogP contribution in [0.1, 0.15) is 46.1 Å². The molecule has 7 heteroatoms. The molecule has 1 aliphatic heterocycles. The number of piperazine rings is 1. The minimum Gasteiger partial charge on any atom is -0.350 e. The summed E-state index contributed by atoms with van der Waals surface area (Å²) in [5.74, 6) is 0.625. The van der Waals surface area contributed by atoms with Crippen molar-refractivity contribution in [1.29, 1.82) is 0 Å². The fraction of sp³-hybridized carbons (Fsp3) is 0.524. The van der Waals surface area contributed by atoms with E-state index in [0.29, 0.717) is 29.8 Å². The van der Waals surface area contributed by atoms with Crippen LogP contribution in [-0.2, 0) is 9.59 Å². The van der Waals surface area contributed by atoms with Crippen molar-refractivity contribution in [2.24, 2.45) is 11.8 Å². The first-order valence-corrected chi connectivity index (χ1v) is 9.68. The SMILES string of the molecule is CC(C)C[C@H]1CN(C(=O)/C=C/c2cccc(Cl)c2)[C@@H](CC(C)C)C(=O)N1.S.S. The summed E-state index contributed by atoms with van der Waals surface area (Å²) in [6.45, 7) is 8.94. The van der Waals surface area contributed by atoms with Gasteiger partial charge < -0.3 is 10.2 Å². The molecule has 2 atom stereocenters. The first kappa shape index (κ1) is 26.9. The molecule has 0 spiro atoms. The van der Waals surface area contributed by atoms with Gasteiger partial charge in [-0.2, -0.15) is 27.0 Å². The van der Waals surface area contributed by atoms with Crippen LogP contribution in [0.25, 0.3) is 6.08 Å². The van der Waals surface area contributed by atoms with E-state index >= 15 is 0 Å². The van der Waals surface area contributed by atoms with E-state index in [1.165, 1.54) is 0 Å². The van der Waals surface area contributed by atoms with Crippen LogP contribution < -0.4 is 5.32 Å². The van der Waals surface area contributed by atoms with Gasteiger partial charge in [-0.1, -0.05) is 51.4 Å². The number of rotatable bonds is 6. The topological polar surface area (TPSA) is 49.4 Å². The van der Waals surface area contributed by atoms with Crippen LogP contribution in [0.3, 0.4) is 0 Å². The Bertz CT molecular complexity index is 680. The summed E-state index contributed by atoms with van der Waals surface area (Å²) < 4.78 is 0. The van der Waals surface area contributed by atoms with Gasteiger partial charge in [-0.05, 0) is 48.4 Å². The van der Waals surface area contributed by atoms with Crippen LogP contribution in [0.4, 0.5) is 0 Å². The molecule has 0 radical (unpaired) electrons. The average Bonchev–Trinajstić information content (AvgIpc) is 2.54. The number of halogens is 1. The number of hydrogen-bond acceptors (Lipinski definition) is 2. The molecular formula is C21H33ClN2O2S2. The predicted octanol–water partition coefficient (Wildman–Crippen LogP) is 4.37. The minimum absolute atomic E-state index is 0. The second-order valence-electron chi connectivity index (χ2n) is 7.86. The number of carbonyl (C=O) groups excluding carboxylic acids is 2. The summed E-state index contributed by atoms with van der Waals surface area (Å²) in [5, 5.41) is 3.73. The van der Waals surface area contributed by atoms with Gasteiger partial charge in [-0.25, -0.2) is 0 Å². The summed E-state index contributed by atoms with van der Waals surface area (Å²) in [7, 11) is 0. The Hall–Kier alpha value is -1.11. The molecule has 1 N–H and O–H groups in total. The third-order valence-electron chi connectivity index (χ3n) is 4.44. The molecule has 0 saturated carbocycles. The van der Waals surface area contributed by atoms with E-state index < -0.39 is 6.04 Å². The van der Waals surface area contributed by atoms with Crippen LogP contribution in [-0.4, -0.2) is 35.3 Å². The Morgan fingerprint density at radius 1 is 1.21 bits per heavy atom. The summed E-state index contributed by atoms with van der Waals surface area (Å²) in [5.41, 5.74) is 0.867. The highest BCUT2D eigenvalue weighted by Crippen LogP contribution is 2.20.